The van der Waals surface area contributed by atoms with E-state index in [1.54, 1.807) is 13.0 Å². The summed E-state index contributed by atoms with van der Waals surface area (Å²) in [6.07, 6.45) is 0.832. The van der Waals surface area contributed by atoms with Crippen molar-refractivity contribution in [3.8, 4) is 0 Å². The number of rotatable bonds is 6. The van der Waals surface area contributed by atoms with E-state index in [2.05, 4.69) is 4.98 Å². The average Bonchev–Trinajstić information content (AvgIpc) is 2.93. The summed E-state index contributed by atoms with van der Waals surface area (Å²) in [6, 6.07) is 7.89. The maximum absolute atomic E-state index is 14.1. The van der Waals surface area contributed by atoms with Crippen molar-refractivity contribution < 1.29 is 17.2 Å². The second-order valence-corrected chi connectivity index (χ2v) is 9.04. The molecule has 0 radical (unpaired) electrons. The van der Waals surface area contributed by atoms with E-state index in [4.69, 9.17) is 5.14 Å². The number of nitrogens with two attached hydrogens (primary N) is 1. The van der Waals surface area contributed by atoms with Crippen LogP contribution in [0.4, 0.5) is 8.78 Å². The van der Waals surface area contributed by atoms with Crippen molar-refractivity contribution in [3.63, 3.8) is 0 Å². The first kappa shape index (κ1) is 19.8. The zero-order valence-electron chi connectivity index (χ0n) is 14.8. The van der Waals surface area contributed by atoms with Gasteiger partial charge in [0.15, 0.2) is 5.16 Å². The smallest absolute Gasteiger partial charge is 0.238 e. The van der Waals surface area contributed by atoms with Crippen LogP contribution in [0.2, 0.25) is 0 Å². The highest BCUT2D eigenvalue weighted by Gasteiger charge is 2.19. The number of halogens is 2. The molecule has 3 rings (SSSR count). The van der Waals surface area contributed by atoms with E-state index in [-0.39, 0.29) is 15.7 Å². The summed E-state index contributed by atoms with van der Waals surface area (Å²) in [5.41, 5.74) is 1.50. The van der Waals surface area contributed by atoms with Gasteiger partial charge in [0.25, 0.3) is 0 Å². The molecule has 0 aliphatic carbocycles. The minimum atomic E-state index is -3.83. The maximum Gasteiger partial charge on any atom is 0.238 e. The first-order valence-electron chi connectivity index (χ1n) is 8.35. The van der Waals surface area contributed by atoms with E-state index in [1.165, 1.54) is 30.0 Å². The molecule has 1 unspecified atom stereocenters. The Kier molecular flexibility index (Phi) is 5.55. The molecule has 1 heterocycles. The van der Waals surface area contributed by atoms with Crippen LogP contribution in [0.25, 0.3) is 11.0 Å². The molecule has 3 aromatic rings. The molecular formula is C18H19F2N3O2S2. The van der Waals surface area contributed by atoms with E-state index in [9.17, 15) is 17.2 Å². The highest BCUT2D eigenvalue weighted by molar-refractivity contribution is 7.99. The van der Waals surface area contributed by atoms with Crippen LogP contribution in [0, 0.1) is 11.6 Å². The molecule has 0 bridgehead atoms. The van der Waals surface area contributed by atoms with Crippen LogP contribution >= 0.6 is 11.8 Å². The second-order valence-electron chi connectivity index (χ2n) is 6.17. The minimum Gasteiger partial charge on any atom is -0.319 e. The maximum atomic E-state index is 14.1. The Bertz CT molecular complexity index is 1100. The monoisotopic (exact) mass is 411 g/mol. The summed E-state index contributed by atoms with van der Waals surface area (Å²) in [6.45, 7) is 4.44. The predicted octanol–water partition coefficient (Wildman–Crippen LogP) is 4.23. The van der Waals surface area contributed by atoms with Crippen molar-refractivity contribution in [2.75, 3.05) is 0 Å². The number of primary sulfonamides is 1. The van der Waals surface area contributed by atoms with Crippen LogP contribution in [-0.2, 0) is 16.6 Å². The Morgan fingerprint density at radius 3 is 2.63 bits per heavy atom. The standard InChI is InChI=1S/C18H19F2N3O2S2/c1-3-8-23-17-7-5-13(27(21,24)25)10-16(17)22-18(23)26-11(2)14-9-12(19)4-6-15(14)20/h4-7,9-11H,3,8H2,1-2H3,(H2,21,24,25). The fraction of sp³-hybridized carbons (Fsp3) is 0.278. The van der Waals surface area contributed by atoms with Gasteiger partial charge >= 0.3 is 0 Å². The van der Waals surface area contributed by atoms with Crippen LogP contribution in [0.1, 0.15) is 31.1 Å². The number of benzene rings is 2. The fourth-order valence-electron chi connectivity index (χ4n) is 2.84. The SMILES string of the molecule is CCCn1c(SC(C)c2cc(F)ccc2F)nc2cc(S(N)(=O)=O)ccc21. The molecule has 144 valence electrons. The lowest BCUT2D eigenvalue weighted by atomic mass is 10.1. The number of hydrogen-bond donors (Lipinski definition) is 1. The lowest BCUT2D eigenvalue weighted by Crippen LogP contribution is -2.11. The Morgan fingerprint density at radius 2 is 1.96 bits per heavy atom. The number of sulfonamides is 1. The molecular weight excluding hydrogens is 392 g/mol. The van der Waals surface area contributed by atoms with Crippen molar-refractivity contribution in [3.05, 3.63) is 53.6 Å². The first-order chi connectivity index (χ1) is 12.7. The van der Waals surface area contributed by atoms with Gasteiger partial charge in [0.2, 0.25) is 10.0 Å². The van der Waals surface area contributed by atoms with Crippen LogP contribution in [0.5, 0.6) is 0 Å². The molecule has 1 atom stereocenters. The number of aryl methyl sites for hydroxylation is 1. The van der Waals surface area contributed by atoms with Gasteiger partial charge in [-0.05, 0) is 49.7 Å². The van der Waals surface area contributed by atoms with Crippen LogP contribution in [0.15, 0.2) is 46.5 Å². The van der Waals surface area contributed by atoms with Gasteiger partial charge in [-0.2, -0.15) is 0 Å². The van der Waals surface area contributed by atoms with Crippen molar-refractivity contribution in [1.29, 1.82) is 0 Å². The number of fused-ring (bicyclic) bond motifs is 1. The topological polar surface area (TPSA) is 78.0 Å². The third-order valence-electron chi connectivity index (χ3n) is 4.14. The van der Waals surface area contributed by atoms with Crippen molar-refractivity contribution in [1.82, 2.24) is 9.55 Å². The summed E-state index contributed by atoms with van der Waals surface area (Å²) in [5.74, 6) is -0.982. The Hall–Kier alpha value is -1.97. The first-order valence-corrected chi connectivity index (χ1v) is 10.8. The Morgan fingerprint density at radius 1 is 1.22 bits per heavy atom. The molecule has 2 N–H and O–H groups in total. The van der Waals surface area contributed by atoms with E-state index in [0.717, 1.165) is 24.1 Å². The summed E-state index contributed by atoms with van der Waals surface area (Å²) in [5, 5.41) is 5.42. The van der Waals surface area contributed by atoms with Gasteiger partial charge in [-0.3, -0.25) is 0 Å². The summed E-state index contributed by atoms with van der Waals surface area (Å²) >= 11 is 1.29. The molecule has 1 aromatic heterocycles. The van der Waals surface area contributed by atoms with Crippen LogP contribution in [-0.4, -0.2) is 18.0 Å². The third-order valence-corrected chi connectivity index (χ3v) is 6.18. The zero-order chi connectivity index (χ0) is 19.8. The Labute approximate surface area is 160 Å². The zero-order valence-corrected chi connectivity index (χ0v) is 16.4. The van der Waals surface area contributed by atoms with Gasteiger partial charge in [0.05, 0.1) is 15.9 Å². The molecule has 0 fully saturated rings. The molecule has 0 amide bonds. The van der Waals surface area contributed by atoms with Crippen molar-refractivity contribution in [2.24, 2.45) is 5.14 Å². The largest absolute Gasteiger partial charge is 0.319 e. The van der Waals surface area contributed by atoms with Gasteiger partial charge in [-0.1, -0.05) is 18.7 Å². The highest BCUT2D eigenvalue weighted by Crippen LogP contribution is 2.37. The third kappa shape index (κ3) is 4.15. The molecule has 0 spiro atoms. The van der Waals surface area contributed by atoms with Crippen molar-refractivity contribution >= 4 is 32.8 Å². The number of hydrogen-bond acceptors (Lipinski definition) is 4. The lowest BCUT2D eigenvalue weighted by molar-refractivity contribution is 0.585. The Balaban J connectivity index is 2.04. The normalized spacial score (nSPS) is 13.2. The molecule has 5 nitrogen and oxygen atoms in total. The molecule has 27 heavy (non-hydrogen) atoms. The predicted molar refractivity (Wildman–Crippen MR) is 102 cm³/mol. The highest BCUT2D eigenvalue weighted by atomic mass is 32.2. The van der Waals surface area contributed by atoms with Gasteiger partial charge in [-0.25, -0.2) is 27.3 Å². The fourth-order valence-corrected chi connectivity index (χ4v) is 4.47. The van der Waals surface area contributed by atoms with E-state index in [1.807, 2.05) is 11.5 Å². The lowest BCUT2D eigenvalue weighted by Gasteiger charge is -2.14. The number of aromatic nitrogens is 2. The minimum absolute atomic E-state index is 0.0167. The molecule has 2 aromatic carbocycles. The molecule has 0 saturated carbocycles. The number of thioether (sulfide) groups is 1. The summed E-state index contributed by atoms with van der Waals surface area (Å²) in [4.78, 5) is 4.50. The van der Waals surface area contributed by atoms with Gasteiger partial charge in [0.1, 0.15) is 11.6 Å². The average molecular weight is 411 g/mol. The second kappa shape index (κ2) is 7.57. The van der Waals surface area contributed by atoms with E-state index in [0.29, 0.717) is 17.2 Å². The van der Waals surface area contributed by atoms with Gasteiger partial charge in [-0.15, -0.1) is 0 Å². The van der Waals surface area contributed by atoms with Crippen molar-refractivity contribution in [2.45, 2.75) is 42.1 Å². The molecule has 0 aliphatic heterocycles. The summed E-state index contributed by atoms with van der Waals surface area (Å²) < 4.78 is 52.7. The van der Waals surface area contributed by atoms with E-state index >= 15 is 0 Å². The number of nitrogens with zero attached hydrogens (tertiary/aromatic N) is 2. The quantitative estimate of drug-likeness (QED) is 0.616. The van der Waals surface area contributed by atoms with Crippen LogP contribution in [0.3, 0.4) is 0 Å². The molecule has 0 saturated heterocycles. The molecule has 0 aliphatic rings. The summed E-state index contributed by atoms with van der Waals surface area (Å²) in [7, 11) is -3.83. The van der Waals surface area contributed by atoms with Crippen LogP contribution < -0.4 is 5.14 Å². The van der Waals surface area contributed by atoms with E-state index < -0.39 is 21.7 Å². The number of imidazole rings is 1. The van der Waals surface area contributed by atoms with Gasteiger partial charge in [0, 0.05) is 17.4 Å². The van der Waals surface area contributed by atoms with Gasteiger partial charge < -0.3 is 4.57 Å². The molecule has 9 heteroatoms.